The van der Waals surface area contributed by atoms with Crippen LogP contribution in [0, 0.1) is 13.8 Å². The zero-order valence-electron chi connectivity index (χ0n) is 10.5. The number of rotatable bonds is 6. The molecular weight excluding hydrogens is 236 g/mol. The van der Waals surface area contributed by atoms with Gasteiger partial charge in [0.05, 0.1) is 12.4 Å². The quantitative estimate of drug-likeness (QED) is 0.338. The predicted octanol–water partition coefficient (Wildman–Crippen LogP) is 2.53. The molecule has 0 aliphatic heterocycles. The summed E-state index contributed by atoms with van der Waals surface area (Å²) in [6.45, 7) is 6.40. The SMILES string of the molecule is CCCCOC(=O)CSc1nc(C)cc(C)n1. The van der Waals surface area contributed by atoms with Crippen molar-refractivity contribution in [2.45, 2.75) is 38.8 Å². The third-order valence-corrected chi connectivity index (χ3v) is 2.86. The van der Waals surface area contributed by atoms with Gasteiger partial charge in [0.2, 0.25) is 0 Å². The van der Waals surface area contributed by atoms with Crippen LogP contribution in [-0.4, -0.2) is 28.3 Å². The van der Waals surface area contributed by atoms with Crippen LogP contribution in [-0.2, 0) is 9.53 Å². The van der Waals surface area contributed by atoms with Gasteiger partial charge in [-0.25, -0.2) is 9.97 Å². The number of thioether (sulfide) groups is 1. The third-order valence-electron chi connectivity index (χ3n) is 2.04. The molecule has 0 saturated carbocycles. The number of aromatic nitrogens is 2. The molecule has 1 aromatic rings. The summed E-state index contributed by atoms with van der Waals surface area (Å²) < 4.78 is 5.05. The van der Waals surface area contributed by atoms with Crippen molar-refractivity contribution in [2.24, 2.45) is 0 Å². The average Bonchev–Trinajstić information content (AvgIpc) is 2.25. The highest BCUT2D eigenvalue weighted by Gasteiger charge is 2.06. The summed E-state index contributed by atoms with van der Waals surface area (Å²) in [7, 11) is 0. The Morgan fingerprint density at radius 1 is 1.35 bits per heavy atom. The summed E-state index contributed by atoms with van der Waals surface area (Å²) in [5, 5.41) is 0.634. The molecule has 0 N–H and O–H groups in total. The second kappa shape index (κ2) is 7.27. The standard InChI is InChI=1S/C12H18N2O2S/c1-4-5-6-16-11(15)8-17-12-13-9(2)7-10(3)14-12/h7H,4-6,8H2,1-3H3. The number of carbonyl (C=O) groups excluding carboxylic acids is 1. The number of hydrogen-bond acceptors (Lipinski definition) is 5. The smallest absolute Gasteiger partial charge is 0.316 e. The van der Waals surface area contributed by atoms with Crippen LogP contribution in [0.3, 0.4) is 0 Å². The van der Waals surface area contributed by atoms with Crippen molar-refractivity contribution in [1.82, 2.24) is 9.97 Å². The predicted molar refractivity (Wildman–Crippen MR) is 68.1 cm³/mol. The van der Waals surface area contributed by atoms with Gasteiger partial charge >= 0.3 is 5.97 Å². The molecule has 0 atom stereocenters. The van der Waals surface area contributed by atoms with Gasteiger partial charge < -0.3 is 4.74 Å². The molecule has 0 aliphatic carbocycles. The Labute approximate surface area is 106 Å². The van der Waals surface area contributed by atoms with E-state index >= 15 is 0 Å². The van der Waals surface area contributed by atoms with Gasteiger partial charge in [-0.1, -0.05) is 25.1 Å². The first-order chi connectivity index (χ1) is 8.11. The fraction of sp³-hybridized carbons (Fsp3) is 0.583. The Morgan fingerprint density at radius 3 is 2.59 bits per heavy atom. The van der Waals surface area contributed by atoms with Crippen molar-refractivity contribution in [3.63, 3.8) is 0 Å². The molecule has 0 aliphatic rings. The van der Waals surface area contributed by atoms with E-state index in [2.05, 4.69) is 16.9 Å². The fourth-order valence-electron chi connectivity index (χ4n) is 1.25. The third kappa shape index (κ3) is 5.68. The molecule has 0 fully saturated rings. The van der Waals surface area contributed by atoms with E-state index in [4.69, 9.17) is 4.74 Å². The van der Waals surface area contributed by atoms with Gasteiger partial charge in [-0.05, 0) is 26.3 Å². The fourth-order valence-corrected chi connectivity index (χ4v) is 2.00. The van der Waals surface area contributed by atoms with Crippen LogP contribution in [0.4, 0.5) is 0 Å². The van der Waals surface area contributed by atoms with E-state index < -0.39 is 0 Å². The maximum absolute atomic E-state index is 11.4. The number of esters is 1. The lowest BCUT2D eigenvalue weighted by molar-refractivity contribution is -0.140. The van der Waals surface area contributed by atoms with Crippen LogP contribution in [0.1, 0.15) is 31.2 Å². The first kappa shape index (κ1) is 14.0. The van der Waals surface area contributed by atoms with E-state index in [1.165, 1.54) is 11.8 Å². The Morgan fingerprint density at radius 2 is 2.00 bits per heavy atom. The van der Waals surface area contributed by atoms with Gasteiger partial charge in [0, 0.05) is 11.4 Å². The summed E-state index contributed by atoms with van der Waals surface area (Å²) in [4.78, 5) is 19.9. The molecule has 0 saturated heterocycles. The normalized spacial score (nSPS) is 10.3. The van der Waals surface area contributed by atoms with Gasteiger partial charge in [0.1, 0.15) is 0 Å². The van der Waals surface area contributed by atoms with Crippen molar-refractivity contribution in [2.75, 3.05) is 12.4 Å². The molecule has 0 aromatic carbocycles. The lowest BCUT2D eigenvalue weighted by Gasteiger charge is -2.04. The molecule has 0 unspecified atom stereocenters. The van der Waals surface area contributed by atoms with E-state index in [0.717, 1.165) is 24.2 Å². The van der Waals surface area contributed by atoms with Crippen LogP contribution < -0.4 is 0 Å². The number of carbonyl (C=O) groups is 1. The van der Waals surface area contributed by atoms with E-state index in [0.29, 0.717) is 11.8 Å². The monoisotopic (exact) mass is 254 g/mol. The maximum atomic E-state index is 11.4. The summed E-state index contributed by atoms with van der Waals surface area (Å²) in [6.07, 6.45) is 1.94. The average molecular weight is 254 g/mol. The second-order valence-electron chi connectivity index (χ2n) is 3.80. The summed E-state index contributed by atoms with van der Waals surface area (Å²) in [6, 6.07) is 1.91. The molecule has 1 aromatic heterocycles. The zero-order valence-corrected chi connectivity index (χ0v) is 11.3. The van der Waals surface area contributed by atoms with Gasteiger partial charge in [0.25, 0.3) is 0 Å². The van der Waals surface area contributed by atoms with Crippen LogP contribution >= 0.6 is 11.8 Å². The van der Waals surface area contributed by atoms with Crippen molar-refractivity contribution < 1.29 is 9.53 Å². The molecule has 0 spiro atoms. The van der Waals surface area contributed by atoms with Crippen molar-refractivity contribution in [3.8, 4) is 0 Å². The van der Waals surface area contributed by atoms with E-state index in [9.17, 15) is 4.79 Å². The Bertz CT molecular complexity index is 363. The molecule has 0 radical (unpaired) electrons. The van der Waals surface area contributed by atoms with Crippen molar-refractivity contribution in [1.29, 1.82) is 0 Å². The van der Waals surface area contributed by atoms with Crippen LogP contribution in [0.15, 0.2) is 11.2 Å². The van der Waals surface area contributed by atoms with Gasteiger partial charge in [-0.3, -0.25) is 4.79 Å². The highest BCUT2D eigenvalue weighted by molar-refractivity contribution is 7.99. The minimum Gasteiger partial charge on any atom is -0.465 e. The highest BCUT2D eigenvalue weighted by atomic mass is 32.2. The van der Waals surface area contributed by atoms with E-state index in [1.807, 2.05) is 19.9 Å². The topological polar surface area (TPSA) is 52.1 Å². The van der Waals surface area contributed by atoms with E-state index in [-0.39, 0.29) is 11.7 Å². The van der Waals surface area contributed by atoms with Crippen LogP contribution in [0.5, 0.6) is 0 Å². The number of aryl methyl sites for hydroxylation is 2. The Kier molecular flexibility index (Phi) is 5.97. The molecule has 0 bridgehead atoms. The molecular formula is C12H18N2O2S. The van der Waals surface area contributed by atoms with Crippen molar-refractivity contribution in [3.05, 3.63) is 17.5 Å². The molecule has 5 heteroatoms. The minimum atomic E-state index is -0.203. The molecule has 4 nitrogen and oxygen atoms in total. The minimum absolute atomic E-state index is 0.203. The van der Waals surface area contributed by atoms with Gasteiger partial charge in [-0.2, -0.15) is 0 Å². The summed E-state index contributed by atoms with van der Waals surface area (Å²) in [5.41, 5.74) is 1.83. The highest BCUT2D eigenvalue weighted by Crippen LogP contribution is 2.14. The molecule has 1 rings (SSSR count). The summed E-state index contributed by atoms with van der Waals surface area (Å²) >= 11 is 1.32. The second-order valence-corrected chi connectivity index (χ2v) is 4.74. The van der Waals surface area contributed by atoms with E-state index in [1.54, 1.807) is 0 Å². The lowest BCUT2D eigenvalue weighted by Crippen LogP contribution is -2.09. The largest absolute Gasteiger partial charge is 0.465 e. The zero-order chi connectivity index (χ0) is 12.7. The summed E-state index contributed by atoms with van der Waals surface area (Å²) in [5.74, 6) is 0.0679. The lowest BCUT2D eigenvalue weighted by atomic mass is 10.4. The van der Waals surface area contributed by atoms with Crippen molar-refractivity contribution >= 4 is 17.7 Å². The maximum Gasteiger partial charge on any atom is 0.316 e. The first-order valence-electron chi connectivity index (χ1n) is 5.72. The molecule has 1 heterocycles. The van der Waals surface area contributed by atoms with Gasteiger partial charge in [0.15, 0.2) is 5.16 Å². The van der Waals surface area contributed by atoms with Crippen LogP contribution in [0.2, 0.25) is 0 Å². The number of ether oxygens (including phenoxy) is 1. The number of unbranched alkanes of at least 4 members (excludes halogenated alkanes) is 1. The molecule has 0 amide bonds. The van der Waals surface area contributed by atoms with Gasteiger partial charge in [-0.15, -0.1) is 0 Å². The molecule has 17 heavy (non-hydrogen) atoms. The first-order valence-corrected chi connectivity index (χ1v) is 6.71. The number of hydrogen-bond donors (Lipinski definition) is 0. The Hall–Kier alpha value is -1.10. The molecule has 94 valence electrons. The van der Waals surface area contributed by atoms with Crippen LogP contribution in [0.25, 0.3) is 0 Å². The number of nitrogens with zero attached hydrogens (tertiary/aromatic N) is 2. The Balaban J connectivity index is 2.36.